The third kappa shape index (κ3) is 1.31. The highest BCUT2D eigenvalue weighted by molar-refractivity contribution is 5.73. The van der Waals surface area contributed by atoms with Crippen molar-refractivity contribution in [2.24, 2.45) is 11.8 Å². The van der Waals surface area contributed by atoms with Crippen molar-refractivity contribution < 1.29 is 9.90 Å². The minimum atomic E-state index is -0.655. The van der Waals surface area contributed by atoms with E-state index in [1.54, 1.807) is 0 Å². The molecule has 0 spiro atoms. The summed E-state index contributed by atoms with van der Waals surface area (Å²) in [6.07, 6.45) is 4.70. The number of hydrogen-bond donors (Lipinski definition) is 1. The Hall–Kier alpha value is -0.790. The van der Waals surface area contributed by atoms with E-state index in [1.165, 1.54) is 0 Å². The number of aliphatic carboxylic acids is 1. The fourth-order valence-corrected chi connectivity index (χ4v) is 0.958. The molecular weight excluding hydrogens is 116 g/mol. The van der Waals surface area contributed by atoms with Crippen molar-refractivity contribution in [1.82, 2.24) is 0 Å². The Morgan fingerprint density at radius 1 is 1.78 bits per heavy atom. The maximum absolute atomic E-state index is 10.2. The fourth-order valence-electron chi connectivity index (χ4n) is 0.958. The van der Waals surface area contributed by atoms with Gasteiger partial charge in [-0.25, -0.2) is 0 Å². The van der Waals surface area contributed by atoms with Crippen molar-refractivity contribution in [3.05, 3.63) is 12.2 Å². The molecule has 0 aromatic heterocycles. The smallest absolute Gasteiger partial charge is 0.307 e. The van der Waals surface area contributed by atoms with Gasteiger partial charge in [-0.3, -0.25) is 4.79 Å². The minimum absolute atomic E-state index is 0.0822. The van der Waals surface area contributed by atoms with Gasteiger partial charge in [0.25, 0.3) is 0 Å². The second-order valence-corrected chi connectivity index (χ2v) is 2.37. The number of carboxylic acid groups (broad SMARTS) is 1. The summed E-state index contributed by atoms with van der Waals surface area (Å²) in [6.45, 7) is 1.91. The number of carboxylic acids is 1. The van der Waals surface area contributed by atoms with Gasteiger partial charge in [0.05, 0.1) is 5.92 Å². The second kappa shape index (κ2) is 2.21. The molecule has 2 atom stereocenters. The molecule has 0 aliphatic heterocycles. The van der Waals surface area contributed by atoms with Crippen molar-refractivity contribution in [3.8, 4) is 0 Å². The molecule has 2 heteroatoms. The van der Waals surface area contributed by atoms with E-state index in [0.717, 1.165) is 6.42 Å². The topological polar surface area (TPSA) is 37.3 Å². The standard InChI is InChI=1S/C7H10O2/c1-2-3-5-4-6(5)7(8)9/h2-3,5-6H,4H2,1H3,(H,8,9)/b3-2-. The van der Waals surface area contributed by atoms with E-state index < -0.39 is 5.97 Å². The van der Waals surface area contributed by atoms with Gasteiger partial charge >= 0.3 is 5.97 Å². The molecule has 0 radical (unpaired) electrons. The zero-order valence-corrected chi connectivity index (χ0v) is 5.37. The van der Waals surface area contributed by atoms with Crippen LogP contribution in [0.1, 0.15) is 13.3 Å². The summed E-state index contributed by atoms with van der Waals surface area (Å²) in [6, 6.07) is 0. The van der Waals surface area contributed by atoms with Crippen molar-refractivity contribution in [2.45, 2.75) is 13.3 Å². The maximum Gasteiger partial charge on any atom is 0.307 e. The van der Waals surface area contributed by atoms with Crippen LogP contribution in [0.4, 0.5) is 0 Å². The summed E-state index contributed by atoms with van der Waals surface area (Å²) in [7, 11) is 0. The molecule has 0 amide bonds. The molecule has 0 bridgehead atoms. The molecule has 1 saturated carbocycles. The first kappa shape index (κ1) is 6.33. The predicted octanol–water partition coefficient (Wildman–Crippen LogP) is 1.28. The van der Waals surface area contributed by atoms with Crippen LogP contribution in [0, 0.1) is 11.8 Å². The molecule has 9 heavy (non-hydrogen) atoms. The molecule has 1 aliphatic carbocycles. The van der Waals surface area contributed by atoms with Crippen LogP contribution in [0.2, 0.25) is 0 Å². The lowest BCUT2D eigenvalue weighted by Crippen LogP contribution is -1.97. The third-order valence-corrected chi connectivity index (χ3v) is 1.60. The predicted molar refractivity (Wildman–Crippen MR) is 34.0 cm³/mol. The Bertz CT molecular complexity index is 149. The molecule has 1 rings (SSSR count). The SMILES string of the molecule is C/C=C\C1CC1C(=O)O. The molecule has 50 valence electrons. The first-order valence-electron chi connectivity index (χ1n) is 3.11. The van der Waals surface area contributed by atoms with Crippen LogP contribution in [-0.4, -0.2) is 11.1 Å². The lowest BCUT2D eigenvalue weighted by molar-refractivity contribution is -0.138. The quantitative estimate of drug-likeness (QED) is 0.566. The van der Waals surface area contributed by atoms with Crippen LogP contribution in [0.5, 0.6) is 0 Å². The Balaban J connectivity index is 2.33. The second-order valence-electron chi connectivity index (χ2n) is 2.37. The normalized spacial score (nSPS) is 33.0. The largest absolute Gasteiger partial charge is 0.481 e. The van der Waals surface area contributed by atoms with E-state index in [9.17, 15) is 4.79 Å². The summed E-state index contributed by atoms with van der Waals surface area (Å²) in [5.74, 6) is -0.410. The van der Waals surface area contributed by atoms with E-state index in [-0.39, 0.29) is 5.92 Å². The highest BCUT2D eigenvalue weighted by Gasteiger charge is 2.40. The summed E-state index contributed by atoms with van der Waals surface area (Å²) in [4.78, 5) is 10.2. The van der Waals surface area contributed by atoms with Crippen LogP contribution in [-0.2, 0) is 4.79 Å². The third-order valence-electron chi connectivity index (χ3n) is 1.60. The van der Waals surface area contributed by atoms with Crippen molar-refractivity contribution >= 4 is 5.97 Å². The zero-order chi connectivity index (χ0) is 6.85. The molecular formula is C7H10O2. The zero-order valence-electron chi connectivity index (χ0n) is 5.37. The highest BCUT2D eigenvalue weighted by Crippen LogP contribution is 2.39. The van der Waals surface area contributed by atoms with Crippen LogP contribution in [0.15, 0.2) is 12.2 Å². The lowest BCUT2D eigenvalue weighted by atomic mass is 10.3. The molecule has 0 heterocycles. The van der Waals surface area contributed by atoms with E-state index in [0.29, 0.717) is 5.92 Å². The average molecular weight is 126 g/mol. The monoisotopic (exact) mass is 126 g/mol. The van der Waals surface area contributed by atoms with Crippen LogP contribution in [0.25, 0.3) is 0 Å². The molecule has 1 aliphatic rings. The molecule has 0 saturated heterocycles. The van der Waals surface area contributed by atoms with E-state index in [4.69, 9.17) is 5.11 Å². The van der Waals surface area contributed by atoms with Gasteiger partial charge in [-0.15, -0.1) is 0 Å². The summed E-state index contributed by atoms with van der Waals surface area (Å²) < 4.78 is 0. The van der Waals surface area contributed by atoms with E-state index in [1.807, 2.05) is 19.1 Å². The van der Waals surface area contributed by atoms with Gasteiger partial charge in [0.2, 0.25) is 0 Å². The van der Waals surface area contributed by atoms with E-state index in [2.05, 4.69) is 0 Å². The van der Waals surface area contributed by atoms with Gasteiger partial charge in [-0.05, 0) is 19.3 Å². The van der Waals surface area contributed by atoms with Crippen molar-refractivity contribution in [2.75, 3.05) is 0 Å². The Kier molecular flexibility index (Phi) is 1.56. The Morgan fingerprint density at radius 3 is 2.78 bits per heavy atom. The van der Waals surface area contributed by atoms with Gasteiger partial charge in [-0.2, -0.15) is 0 Å². The Labute approximate surface area is 54.2 Å². The number of allylic oxidation sites excluding steroid dienone is 2. The van der Waals surface area contributed by atoms with Crippen molar-refractivity contribution in [3.63, 3.8) is 0 Å². The Morgan fingerprint density at radius 2 is 2.44 bits per heavy atom. The van der Waals surface area contributed by atoms with Gasteiger partial charge in [0.15, 0.2) is 0 Å². The van der Waals surface area contributed by atoms with Gasteiger partial charge in [0.1, 0.15) is 0 Å². The number of hydrogen-bond acceptors (Lipinski definition) is 1. The van der Waals surface area contributed by atoms with E-state index >= 15 is 0 Å². The molecule has 2 nitrogen and oxygen atoms in total. The summed E-state index contributed by atoms with van der Waals surface area (Å²) in [5.41, 5.74) is 0. The summed E-state index contributed by atoms with van der Waals surface area (Å²) in [5, 5.41) is 8.42. The lowest BCUT2D eigenvalue weighted by Gasteiger charge is -1.82. The fraction of sp³-hybridized carbons (Fsp3) is 0.571. The first-order chi connectivity index (χ1) is 4.25. The number of rotatable bonds is 2. The summed E-state index contributed by atoms with van der Waals surface area (Å²) >= 11 is 0. The van der Waals surface area contributed by atoms with Crippen LogP contribution < -0.4 is 0 Å². The molecule has 1 fully saturated rings. The number of carbonyl (C=O) groups is 1. The highest BCUT2D eigenvalue weighted by atomic mass is 16.4. The minimum Gasteiger partial charge on any atom is -0.481 e. The van der Waals surface area contributed by atoms with Gasteiger partial charge < -0.3 is 5.11 Å². The average Bonchev–Trinajstić information content (AvgIpc) is 2.47. The first-order valence-corrected chi connectivity index (χ1v) is 3.11. The van der Waals surface area contributed by atoms with Crippen molar-refractivity contribution in [1.29, 1.82) is 0 Å². The molecule has 0 aromatic rings. The van der Waals surface area contributed by atoms with Gasteiger partial charge in [-0.1, -0.05) is 12.2 Å². The van der Waals surface area contributed by atoms with Gasteiger partial charge in [0, 0.05) is 0 Å². The molecule has 2 unspecified atom stereocenters. The van der Waals surface area contributed by atoms with Crippen LogP contribution in [0.3, 0.4) is 0 Å². The molecule has 0 aromatic carbocycles. The molecule has 1 N–H and O–H groups in total. The maximum atomic E-state index is 10.2. The van der Waals surface area contributed by atoms with Crippen LogP contribution >= 0.6 is 0 Å².